The van der Waals surface area contributed by atoms with E-state index >= 15 is 0 Å². The van der Waals surface area contributed by atoms with Gasteiger partial charge in [0.15, 0.2) is 0 Å². The molecule has 1 aromatic rings. The highest BCUT2D eigenvalue weighted by Crippen LogP contribution is 2.20. The van der Waals surface area contributed by atoms with Gasteiger partial charge in [-0.1, -0.05) is 24.2 Å². The molecule has 1 heterocycles. The molecule has 1 aliphatic carbocycles. The lowest BCUT2D eigenvalue weighted by Crippen LogP contribution is -2.18. The summed E-state index contributed by atoms with van der Waals surface area (Å²) in [6.07, 6.45) is 7.00. The molecule has 0 atom stereocenters. The van der Waals surface area contributed by atoms with E-state index in [0.29, 0.717) is 12.8 Å². The number of aromatic nitrogens is 1. The van der Waals surface area contributed by atoms with Crippen LogP contribution in [0, 0.1) is 0 Å². The van der Waals surface area contributed by atoms with E-state index in [4.69, 9.17) is 4.74 Å². The minimum Gasteiger partial charge on any atom is -0.357 e. The van der Waals surface area contributed by atoms with Crippen LogP contribution in [0.25, 0.3) is 0 Å². The summed E-state index contributed by atoms with van der Waals surface area (Å²) in [5, 5.41) is 1.79. The Morgan fingerprint density at radius 2 is 2.31 bits per heavy atom. The fourth-order valence-corrected chi connectivity index (χ4v) is 2.20. The van der Waals surface area contributed by atoms with Crippen molar-refractivity contribution in [2.45, 2.75) is 38.5 Å². The molecule has 1 fully saturated rings. The smallest absolute Gasteiger partial charge is 0.308 e. The van der Waals surface area contributed by atoms with Gasteiger partial charge in [0.05, 0.1) is 6.10 Å². The predicted molar refractivity (Wildman–Crippen MR) is 51.9 cm³/mol. The summed E-state index contributed by atoms with van der Waals surface area (Å²) in [6.45, 7) is 0.424. The number of hydrogen-bond donors (Lipinski definition) is 0. The summed E-state index contributed by atoms with van der Waals surface area (Å²) in [4.78, 5) is 11.2. The Morgan fingerprint density at radius 3 is 2.92 bits per heavy atom. The van der Waals surface area contributed by atoms with Crippen LogP contribution in [0.4, 0.5) is 0 Å². The Hall–Kier alpha value is -0.610. The monoisotopic (exact) mass is 199 g/mol. The molecule has 3 nitrogen and oxygen atoms in total. The zero-order valence-corrected chi connectivity index (χ0v) is 8.26. The van der Waals surface area contributed by atoms with Crippen molar-refractivity contribution in [3.63, 3.8) is 0 Å². The lowest BCUT2D eigenvalue weighted by atomic mass is 10.3. The number of thiazole rings is 1. The molecule has 0 radical (unpaired) electrons. The molecule has 1 aromatic heterocycles. The highest BCUT2D eigenvalue weighted by Gasteiger charge is 2.15. The summed E-state index contributed by atoms with van der Waals surface area (Å²) >= 11 is 1.21. The zero-order valence-electron chi connectivity index (χ0n) is 7.44. The highest BCUT2D eigenvalue weighted by atomic mass is 32.1. The molecule has 2 rings (SSSR count). The van der Waals surface area contributed by atoms with E-state index in [9.17, 15) is 4.79 Å². The number of hydrogen-bond acceptors (Lipinski definition) is 3. The first kappa shape index (κ1) is 8.97. The quantitative estimate of drug-likeness (QED) is 0.743. The largest absolute Gasteiger partial charge is 0.357 e. The Balaban J connectivity index is 1.85. The molecule has 0 spiro atoms. The summed E-state index contributed by atoms with van der Waals surface area (Å²) in [5.41, 5.74) is 0. The molecule has 0 N–H and O–H groups in total. The predicted octanol–water partition coefficient (Wildman–Crippen LogP) is 1.83. The molecule has 4 heteroatoms. The summed E-state index contributed by atoms with van der Waals surface area (Å²) in [7, 11) is 0. The number of rotatable bonds is 3. The maximum absolute atomic E-state index is 11.1. The van der Waals surface area contributed by atoms with Crippen molar-refractivity contribution in [2.75, 3.05) is 0 Å². The summed E-state index contributed by atoms with van der Waals surface area (Å²) < 4.78 is 7.21. The van der Waals surface area contributed by atoms with Gasteiger partial charge in [-0.25, -0.2) is 0 Å². The van der Waals surface area contributed by atoms with E-state index in [0.717, 1.165) is 12.8 Å². The van der Waals surface area contributed by atoms with Gasteiger partial charge in [-0.3, -0.25) is 9.36 Å². The van der Waals surface area contributed by atoms with Crippen molar-refractivity contribution in [1.82, 2.24) is 4.57 Å². The van der Waals surface area contributed by atoms with Crippen LogP contribution in [0.3, 0.4) is 0 Å². The fourth-order valence-electron chi connectivity index (χ4n) is 1.63. The Bertz CT molecular complexity index is 311. The topological polar surface area (TPSA) is 31.2 Å². The van der Waals surface area contributed by atoms with Gasteiger partial charge in [-0.05, 0) is 12.8 Å². The van der Waals surface area contributed by atoms with Crippen molar-refractivity contribution < 1.29 is 4.74 Å². The van der Waals surface area contributed by atoms with E-state index in [1.165, 1.54) is 24.2 Å². The van der Waals surface area contributed by atoms with Crippen molar-refractivity contribution in [1.29, 1.82) is 0 Å². The van der Waals surface area contributed by atoms with Crippen LogP contribution in [0.2, 0.25) is 0 Å². The first-order valence-corrected chi connectivity index (χ1v) is 5.50. The van der Waals surface area contributed by atoms with Crippen LogP contribution in [0.15, 0.2) is 16.4 Å². The second-order valence-corrected chi connectivity index (χ2v) is 4.20. The minimum atomic E-state index is 0.0676. The van der Waals surface area contributed by atoms with Crippen LogP contribution in [0.5, 0.6) is 0 Å². The number of ether oxygens (including phenoxy) is 1. The van der Waals surface area contributed by atoms with E-state index in [-0.39, 0.29) is 4.87 Å². The lowest BCUT2D eigenvalue weighted by Gasteiger charge is -2.10. The van der Waals surface area contributed by atoms with Gasteiger partial charge in [0.25, 0.3) is 0 Å². The number of nitrogens with zero attached hydrogens (tertiary/aromatic N) is 1. The molecular formula is C9H13NO2S. The molecule has 0 unspecified atom stereocenters. The average molecular weight is 199 g/mol. The van der Waals surface area contributed by atoms with Crippen LogP contribution < -0.4 is 4.87 Å². The zero-order chi connectivity index (χ0) is 9.10. The van der Waals surface area contributed by atoms with Crippen molar-refractivity contribution in [3.05, 3.63) is 21.2 Å². The average Bonchev–Trinajstić information content (AvgIpc) is 2.72. The Labute approximate surface area is 81.0 Å². The van der Waals surface area contributed by atoms with E-state index < -0.39 is 0 Å². The van der Waals surface area contributed by atoms with Gasteiger partial charge in [-0.2, -0.15) is 0 Å². The van der Waals surface area contributed by atoms with Crippen LogP contribution in [0.1, 0.15) is 25.7 Å². The first-order valence-electron chi connectivity index (χ1n) is 4.62. The maximum Gasteiger partial charge on any atom is 0.308 e. The van der Waals surface area contributed by atoms with E-state index in [1.54, 1.807) is 16.1 Å². The molecule has 1 saturated carbocycles. The lowest BCUT2D eigenvalue weighted by molar-refractivity contribution is 0.0106. The molecule has 0 aliphatic heterocycles. The standard InChI is InChI=1S/C9H13NO2S/c11-9-10(5-6-13-9)7-12-8-3-1-2-4-8/h5-6,8H,1-4,7H2. The maximum atomic E-state index is 11.1. The van der Waals surface area contributed by atoms with Crippen molar-refractivity contribution >= 4 is 11.3 Å². The van der Waals surface area contributed by atoms with Crippen molar-refractivity contribution in [2.24, 2.45) is 0 Å². The minimum absolute atomic E-state index is 0.0676. The molecule has 0 aromatic carbocycles. The van der Waals surface area contributed by atoms with Crippen LogP contribution in [-0.2, 0) is 11.5 Å². The SMILES string of the molecule is O=c1sccn1COC1CCCC1. The van der Waals surface area contributed by atoms with E-state index in [1.807, 2.05) is 0 Å². The molecule has 0 bridgehead atoms. The van der Waals surface area contributed by atoms with Gasteiger partial charge in [0.1, 0.15) is 6.73 Å². The molecule has 0 saturated heterocycles. The molecule has 13 heavy (non-hydrogen) atoms. The molecule has 72 valence electrons. The Kier molecular flexibility index (Phi) is 2.80. The Morgan fingerprint density at radius 1 is 1.54 bits per heavy atom. The van der Waals surface area contributed by atoms with Gasteiger partial charge < -0.3 is 4.74 Å². The fraction of sp³-hybridized carbons (Fsp3) is 0.667. The molecule has 0 amide bonds. The van der Waals surface area contributed by atoms with Gasteiger partial charge >= 0.3 is 4.87 Å². The highest BCUT2D eigenvalue weighted by molar-refractivity contribution is 7.07. The first-order chi connectivity index (χ1) is 6.36. The summed E-state index contributed by atoms with van der Waals surface area (Å²) in [6, 6.07) is 0. The third-order valence-electron chi connectivity index (χ3n) is 2.40. The van der Waals surface area contributed by atoms with Crippen LogP contribution in [-0.4, -0.2) is 10.7 Å². The molecule has 1 aliphatic rings. The second-order valence-electron chi connectivity index (χ2n) is 3.34. The normalized spacial score (nSPS) is 18.2. The summed E-state index contributed by atoms with van der Waals surface area (Å²) in [5.74, 6) is 0. The third kappa shape index (κ3) is 2.19. The van der Waals surface area contributed by atoms with Crippen molar-refractivity contribution in [3.8, 4) is 0 Å². The van der Waals surface area contributed by atoms with Gasteiger partial charge in [0.2, 0.25) is 0 Å². The van der Waals surface area contributed by atoms with Crippen LogP contribution >= 0.6 is 11.3 Å². The van der Waals surface area contributed by atoms with Gasteiger partial charge in [0, 0.05) is 11.6 Å². The van der Waals surface area contributed by atoms with Gasteiger partial charge in [-0.15, -0.1) is 0 Å². The third-order valence-corrected chi connectivity index (χ3v) is 3.09. The second kappa shape index (κ2) is 4.07. The van der Waals surface area contributed by atoms with E-state index in [2.05, 4.69) is 0 Å². The molecular weight excluding hydrogens is 186 g/mol.